The summed E-state index contributed by atoms with van der Waals surface area (Å²) < 4.78 is 12.5. The molecule has 0 amide bonds. The van der Waals surface area contributed by atoms with Gasteiger partial charge in [0.2, 0.25) is 0 Å². The molecule has 0 atom stereocenters. The van der Waals surface area contributed by atoms with Crippen molar-refractivity contribution in [1.29, 1.82) is 0 Å². The Morgan fingerprint density at radius 1 is 0.828 bits per heavy atom. The van der Waals surface area contributed by atoms with Gasteiger partial charge in [0.05, 0.1) is 12.3 Å². The molecule has 0 aliphatic rings. The molecule has 0 aliphatic carbocycles. The highest BCUT2D eigenvalue weighted by molar-refractivity contribution is 5.83. The van der Waals surface area contributed by atoms with Crippen LogP contribution < -0.4 is 4.74 Å². The van der Waals surface area contributed by atoms with Crippen LogP contribution in [0, 0.1) is 0 Å². The Kier molecular flexibility index (Phi) is 5.38. The van der Waals surface area contributed by atoms with Crippen molar-refractivity contribution in [2.75, 3.05) is 6.61 Å². The van der Waals surface area contributed by atoms with E-state index in [1.165, 1.54) is 0 Å². The first-order valence-corrected chi connectivity index (χ1v) is 9.42. The lowest BCUT2D eigenvalue weighted by molar-refractivity contribution is 0.104. The van der Waals surface area contributed by atoms with Crippen molar-refractivity contribution < 1.29 is 14.3 Å². The standard InChI is InChI=1S/C24H20N2O3/c1-2-28-24(27)29-23-21(18-12-6-3-7-13-18)25-26(20-16-10-5-11-17-20)22(23)19-14-8-4-9-15-19/h3-17H,2H2,1H3. The fourth-order valence-corrected chi connectivity index (χ4v) is 3.12. The van der Waals surface area contributed by atoms with E-state index in [0.717, 1.165) is 16.8 Å². The number of hydrogen-bond donors (Lipinski definition) is 0. The van der Waals surface area contributed by atoms with Crippen LogP contribution in [0.5, 0.6) is 5.75 Å². The molecule has 0 bridgehead atoms. The van der Waals surface area contributed by atoms with E-state index in [-0.39, 0.29) is 6.61 Å². The summed E-state index contributed by atoms with van der Waals surface area (Å²) in [5.74, 6) is 0.365. The Labute approximate surface area is 169 Å². The molecular weight excluding hydrogens is 364 g/mol. The van der Waals surface area contributed by atoms with Crippen molar-refractivity contribution in [3.05, 3.63) is 91.0 Å². The van der Waals surface area contributed by atoms with Crippen LogP contribution in [0.15, 0.2) is 91.0 Å². The van der Waals surface area contributed by atoms with Crippen LogP contribution in [0.25, 0.3) is 28.2 Å². The van der Waals surface area contributed by atoms with E-state index in [1.807, 2.05) is 91.0 Å². The predicted molar refractivity (Wildman–Crippen MR) is 112 cm³/mol. The van der Waals surface area contributed by atoms with Crippen LogP contribution in [-0.2, 0) is 4.74 Å². The van der Waals surface area contributed by atoms with Gasteiger partial charge in [0, 0.05) is 11.1 Å². The van der Waals surface area contributed by atoms with E-state index < -0.39 is 6.16 Å². The Balaban J connectivity index is 1.98. The van der Waals surface area contributed by atoms with Gasteiger partial charge in [-0.15, -0.1) is 0 Å². The monoisotopic (exact) mass is 384 g/mol. The van der Waals surface area contributed by atoms with Crippen LogP contribution in [-0.4, -0.2) is 22.5 Å². The molecule has 0 aliphatic heterocycles. The molecule has 144 valence electrons. The van der Waals surface area contributed by atoms with E-state index in [9.17, 15) is 4.79 Å². The maximum absolute atomic E-state index is 12.2. The second-order valence-corrected chi connectivity index (χ2v) is 6.29. The number of carbonyl (C=O) groups excluding carboxylic acids is 1. The van der Waals surface area contributed by atoms with Gasteiger partial charge in [-0.2, -0.15) is 5.10 Å². The Morgan fingerprint density at radius 3 is 1.97 bits per heavy atom. The molecule has 29 heavy (non-hydrogen) atoms. The van der Waals surface area contributed by atoms with Gasteiger partial charge in [0.15, 0.2) is 5.75 Å². The topological polar surface area (TPSA) is 53.4 Å². The number of aromatic nitrogens is 2. The molecule has 5 nitrogen and oxygen atoms in total. The Morgan fingerprint density at radius 2 is 1.38 bits per heavy atom. The summed E-state index contributed by atoms with van der Waals surface area (Å²) in [4.78, 5) is 12.2. The van der Waals surface area contributed by atoms with Crippen molar-refractivity contribution in [1.82, 2.24) is 9.78 Å². The summed E-state index contributed by atoms with van der Waals surface area (Å²) in [6.07, 6.45) is -0.755. The highest BCUT2D eigenvalue weighted by Crippen LogP contribution is 2.40. The maximum atomic E-state index is 12.2. The molecule has 0 saturated heterocycles. The molecule has 0 N–H and O–H groups in total. The maximum Gasteiger partial charge on any atom is 0.513 e. The van der Waals surface area contributed by atoms with Crippen LogP contribution in [0.1, 0.15) is 6.92 Å². The SMILES string of the molecule is CCOC(=O)Oc1c(-c2ccccc2)nn(-c2ccccc2)c1-c1ccccc1. The number of benzene rings is 3. The summed E-state index contributed by atoms with van der Waals surface area (Å²) >= 11 is 0. The van der Waals surface area contributed by atoms with Crippen LogP contribution in [0.2, 0.25) is 0 Å². The first-order chi connectivity index (χ1) is 14.3. The summed E-state index contributed by atoms with van der Waals surface area (Å²) in [6, 6.07) is 29.1. The van der Waals surface area contributed by atoms with E-state index in [2.05, 4.69) is 0 Å². The number of hydrogen-bond acceptors (Lipinski definition) is 4. The first-order valence-electron chi connectivity index (χ1n) is 9.42. The highest BCUT2D eigenvalue weighted by atomic mass is 16.7. The molecule has 0 fully saturated rings. The molecule has 5 heteroatoms. The second kappa shape index (κ2) is 8.44. The Hall–Kier alpha value is -3.86. The van der Waals surface area contributed by atoms with Crippen molar-refractivity contribution in [2.24, 2.45) is 0 Å². The lowest BCUT2D eigenvalue weighted by atomic mass is 10.1. The average Bonchev–Trinajstić information content (AvgIpc) is 3.15. The molecule has 0 unspecified atom stereocenters. The zero-order chi connectivity index (χ0) is 20.1. The molecule has 0 spiro atoms. The molecule has 0 saturated carbocycles. The van der Waals surface area contributed by atoms with Crippen molar-refractivity contribution in [2.45, 2.75) is 6.92 Å². The molecule has 0 radical (unpaired) electrons. The van der Waals surface area contributed by atoms with Crippen LogP contribution in [0.4, 0.5) is 4.79 Å². The number of ether oxygens (including phenoxy) is 2. The number of para-hydroxylation sites is 1. The third-order valence-electron chi connectivity index (χ3n) is 4.38. The fourth-order valence-electron chi connectivity index (χ4n) is 3.12. The van der Waals surface area contributed by atoms with Gasteiger partial charge in [-0.3, -0.25) is 0 Å². The van der Waals surface area contributed by atoms with Crippen molar-refractivity contribution >= 4 is 6.16 Å². The summed E-state index contributed by atoms with van der Waals surface area (Å²) in [5, 5.41) is 4.82. The van der Waals surface area contributed by atoms with E-state index in [1.54, 1.807) is 11.6 Å². The zero-order valence-corrected chi connectivity index (χ0v) is 16.0. The van der Waals surface area contributed by atoms with Gasteiger partial charge in [-0.1, -0.05) is 78.9 Å². The minimum Gasteiger partial charge on any atom is -0.434 e. The van der Waals surface area contributed by atoms with Gasteiger partial charge in [0.1, 0.15) is 11.4 Å². The summed E-state index contributed by atoms with van der Waals surface area (Å²) in [7, 11) is 0. The smallest absolute Gasteiger partial charge is 0.434 e. The molecular formula is C24H20N2O3. The predicted octanol–water partition coefficient (Wildman–Crippen LogP) is 5.74. The van der Waals surface area contributed by atoms with Crippen LogP contribution >= 0.6 is 0 Å². The van der Waals surface area contributed by atoms with Crippen LogP contribution in [0.3, 0.4) is 0 Å². The largest absolute Gasteiger partial charge is 0.513 e. The third kappa shape index (κ3) is 3.89. The van der Waals surface area contributed by atoms with Crippen molar-refractivity contribution in [3.63, 3.8) is 0 Å². The van der Waals surface area contributed by atoms with Gasteiger partial charge in [-0.25, -0.2) is 9.48 Å². The fraction of sp³-hybridized carbons (Fsp3) is 0.0833. The average molecular weight is 384 g/mol. The van der Waals surface area contributed by atoms with Gasteiger partial charge in [0.25, 0.3) is 0 Å². The second-order valence-electron chi connectivity index (χ2n) is 6.29. The molecule has 4 aromatic rings. The first kappa shape index (κ1) is 18.5. The van der Waals surface area contributed by atoms with Gasteiger partial charge >= 0.3 is 6.16 Å². The summed E-state index contributed by atoms with van der Waals surface area (Å²) in [6.45, 7) is 1.97. The molecule has 3 aromatic carbocycles. The number of carbonyl (C=O) groups is 1. The highest BCUT2D eigenvalue weighted by Gasteiger charge is 2.25. The number of nitrogens with zero attached hydrogens (tertiary/aromatic N) is 2. The normalized spacial score (nSPS) is 10.5. The molecule has 4 rings (SSSR count). The minimum absolute atomic E-state index is 0.229. The zero-order valence-electron chi connectivity index (χ0n) is 16.0. The summed E-state index contributed by atoms with van der Waals surface area (Å²) in [5.41, 5.74) is 3.84. The quantitative estimate of drug-likeness (QED) is 0.412. The van der Waals surface area contributed by atoms with E-state index in [0.29, 0.717) is 17.1 Å². The van der Waals surface area contributed by atoms with Gasteiger partial charge < -0.3 is 9.47 Å². The molecule has 1 heterocycles. The lowest BCUT2D eigenvalue weighted by Gasteiger charge is -2.10. The van der Waals surface area contributed by atoms with E-state index in [4.69, 9.17) is 14.6 Å². The minimum atomic E-state index is -0.755. The van der Waals surface area contributed by atoms with E-state index >= 15 is 0 Å². The Bertz CT molecular complexity index is 1090. The third-order valence-corrected chi connectivity index (χ3v) is 4.38. The van der Waals surface area contributed by atoms with Crippen molar-refractivity contribution in [3.8, 4) is 34.0 Å². The van der Waals surface area contributed by atoms with Gasteiger partial charge in [-0.05, 0) is 19.1 Å². The lowest BCUT2D eigenvalue weighted by Crippen LogP contribution is -2.11. The number of rotatable bonds is 5. The molecule has 1 aromatic heterocycles.